The van der Waals surface area contributed by atoms with Crippen molar-refractivity contribution in [1.82, 2.24) is 0 Å². The summed E-state index contributed by atoms with van der Waals surface area (Å²) >= 11 is 3.50. The maximum absolute atomic E-state index is 5.65. The highest BCUT2D eigenvalue weighted by Crippen LogP contribution is 2.39. The van der Waals surface area contributed by atoms with E-state index < -0.39 is 0 Å². The minimum atomic E-state index is 0.606. The fraction of sp³-hybridized carbons (Fsp3) is 1.00. The topological polar surface area (TPSA) is 9.23 Å². The number of hydrogen-bond acceptors (Lipinski definition) is 1. The van der Waals surface area contributed by atoms with Gasteiger partial charge in [-0.05, 0) is 25.2 Å². The Morgan fingerprint density at radius 3 is 2.67 bits per heavy atom. The largest absolute Gasteiger partial charge is 0.375 e. The van der Waals surface area contributed by atoms with E-state index in [-0.39, 0.29) is 0 Å². The molecule has 0 unspecified atom stereocenters. The van der Waals surface area contributed by atoms with Crippen LogP contribution in [0.5, 0.6) is 0 Å². The minimum absolute atomic E-state index is 0.606. The Labute approximate surface area is 63.9 Å². The number of alkyl halides is 1. The molecule has 2 aliphatic rings. The van der Waals surface area contributed by atoms with E-state index >= 15 is 0 Å². The summed E-state index contributed by atoms with van der Waals surface area (Å²) in [6.07, 6.45) is 5.15. The summed E-state index contributed by atoms with van der Waals surface area (Å²) in [5.74, 6) is 0.823. The molecule has 0 saturated carbocycles. The van der Waals surface area contributed by atoms with Gasteiger partial charge < -0.3 is 4.74 Å². The fourth-order valence-corrected chi connectivity index (χ4v) is 2.59. The summed E-state index contributed by atoms with van der Waals surface area (Å²) in [5.41, 5.74) is 0. The zero-order valence-electron chi connectivity index (χ0n) is 5.35. The van der Waals surface area contributed by atoms with Crippen molar-refractivity contribution in [2.24, 2.45) is 5.92 Å². The zero-order chi connectivity index (χ0) is 6.27. The third kappa shape index (κ3) is 0.926. The SMILES string of the molecule is BrC[C@@H]1C[C@H]2CC[C@H]1O2. The molecule has 2 saturated heterocycles. The number of fused-ring (bicyclic) bond motifs is 2. The second-order valence-electron chi connectivity index (χ2n) is 3.02. The first-order chi connectivity index (χ1) is 4.40. The molecule has 0 radical (unpaired) electrons. The zero-order valence-corrected chi connectivity index (χ0v) is 6.93. The number of halogens is 1. The molecule has 2 rings (SSSR count). The van der Waals surface area contributed by atoms with Gasteiger partial charge in [0.25, 0.3) is 0 Å². The number of rotatable bonds is 1. The lowest BCUT2D eigenvalue weighted by Crippen LogP contribution is -2.16. The molecule has 2 heterocycles. The summed E-state index contributed by atoms with van der Waals surface area (Å²) < 4.78 is 5.65. The molecular weight excluding hydrogens is 180 g/mol. The van der Waals surface area contributed by atoms with E-state index in [0.29, 0.717) is 12.2 Å². The van der Waals surface area contributed by atoms with Gasteiger partial charge in [0.05, 0.1) is 12.2 Å². The van der Waals surface area contributed by atoms with Gasteiger partial charge in [-0.1, -0.05) is 15.9 Å². The van der Waals surface area contributed by atoms with Crippen molar-refractivity contribution in [3.63, 3.8) is 0 Å². The lowest BCUT2D eigenvalue weighted by Gasteiger charge is -2.14. The van der Waals surface area contributed by atoms with Crippen LogP contribution in [0, 0.1) is 5.92 Å². The highest BCUT2D eigenvalue weighted by atomic mass is 79.9. The average molecular weight is 191 g/mol. The van der Waals surface area contributed by atoms with Gasteiger partial charge in [-0.3, -0.25) is 0 Å². The lowest BCUT2D eigenvalue weighted by atomic mass is 9.91. The molecule has 0 amide bonds. The second-order valence-corrected chi connectivity index (χ2v) is 3.67. The molecule has 3 atom stereocenters. The molecule has 9 heavy (non-hydrogen) atoms. The number of ether oxygens (including phenoxy) is 1. The van der Waals surface area contributed by atoms with E-state index in [1.54, 1.807) is 0 Å². The van der Waals surface area contributed by atoms with E-state index in [2.05, 4.69) is 15.9 Å². The molecule has 0 spiro atoms. The third-order valence-corrected chi connectivity index (χ3v) is 3.26. The van der Waals surface area contributed by atoms with Crippen LogP contribution in [0.1, 0.15) is 19.3 Å². The molecule has 2 fully saturated rings. The first kappa shape index (κ1) is 6.17. The predicted octanol–water partition coefficient (Wildman–Crippen LogP) is 1.95. The van der Waals surface area contributed by atoms with Gasteiger partial charge in [-0.15, -0.1) is 0 Å². The van der Waals surface area contributed by atoms with Crippen molar-refractivity contribution in [2.45, 2.75) is 31.5 Å². The summed E-state index contributed by atoms with van der Waals surface area (Å²) in [7, 11) is 0. The van der Waals surface area contributed by atoms with Crippen LogP contribution >= 0.6 is 15.9 Å². The van der Waals surface area contributed by atoms with Crippen molar-refractivity contribution in [3.8, 4) is 0 Å². The highest BCUT2D eigenvalue weighted by Gasteiger charge is 2.39. The molecule has 0 aliphatic carbocycles. The Kier molecular flexibility index (Phi) is 1.54. The van der Waals surface area contributed by atoms with E-state index in [1.165, 1.54) is 19.3 Å². The Balaban J connectivity index is 2.01. The van der Waals surface area contributed by atoms with E-state index in [4.69, 9.17) is 4.74 Å². The van der Waals surface area contributed by atoms with E-state index in [9.17, 15) is 0 Å². The van der Waals surface area contributed by atoms with Crippen LogP contribution in [-0.2, 0) is 4.74 Å². The third-order valence-electron chi connectivity index (χ3n) is 2.43. The van der Waals surface area contributed by atoms with Gasteiger partial charge in [0.2, 0.25) is 0 Å². The molecule has 1 nitrogen and oxygen atoms in total. The molecule has 0 aromatic rings. The Morgan fingerprint density at radius 1 is 1.44 bits per heavy atom. The molecule has 0 aromatic carbocycles. The van der Waals surface area contributed by atoms with Gasteiger partial charge in [0.1, 0.15) is 0 Å². The van der Waals surface area contributed by atoms with E-state index in [1.807, 2.05) is 0 Å². The molecular formula is C7H11BrO. The second kappa shape index (κ2) is 2.24. The predicted molar refractivity (Wildman–Crippen MR) is 39.8 cm³/mol. The fourth-order valence-electron chi connectivity index (χ4n) is 1.91. The van der Waals surface area contributed by atoms with Gasteiger partial charge in [0, 0.05) is 5.33 Å². The first-order valence-corrected chi connectivity index (χ1v) is 4.73. The lowest BCUT2D eigenvalue weighted by molar-refractivity contribution is 0.0956. The number of hydrogen-bond donors (Lipinski definition) is 0. The van der Waals surface area contributed by atoms with Crippen LogP contribution in [0.15, 0.2) is 0 Å². The normalized spacial score (nSPS) is 48.3. The van der Waals surface area contributed by atoms with Gasteiger partial charge in [-0.25, -0.2) is 0 Å². The van der Waals surface area contributed by atoms with Crippen molar-refractivity contribution in [1.29, 1.82) is 0 Å². The van der Waals surface area contributed by atoms with Crippen molar-refractivity contribution >= 4 is 15.9 Å². The standard InChI is InChI=1S/C7H11BrO/c8-4-5-3-6-1-2-7(5)9-6/h5-7H,1-4H2/t5-,6+,7+/m0/s1. The van der Waals surface area contributed by atoms with Crippen LogP contribution < -0.4 is 0 Å². The van der Waals surface area contributed by atoms with Crippen LogP contribution in [0.2, 0.25) is 0 Å². The molecule has 0 N–H and O–H groups in total. The Bertz CT molecular complexity index is 115. The summed E-state index contributed by atoms with van der Waals surface area (Å²) in [6.45, 7) is 0. The molecule has 52 valence electrons. The van der Waals surface area contributed by atoms with Crippen LogP contribution in [0.3, 0.4) is 0 Å². The molecule has 2 aliphatic heterocycles. The van der Waals surface area contributed by atoms with Crippen LogP contribution in [0.25, 0.3) is 0 Å². The van der Waals surface area contributed by atoms with Crippen molar-refractivity contribution < 1.29 is 4.74 Å². The molecule has 0 aromatic heterocycles. The van der Waals surface area contributed by atoms with Gasteiger partial charge in [-0.2, -0.15) is 0 Å². The maximum atomic E-state index is 5.65. The summed E-state index contributed by atoms with van der Waals surface area (Å²) in [4.78, 5) is 0. The highest BCUT2D eigenvalue weighted by molar-refractivity contribution is 9.09. The minimum Gasteiger partial charge on any atom is -0.375 e. The Morgan fingerprint density at radius 2 is 2.33 bits per heavy atom. The smallest absolute Gasteiger partial charge is 0.0616 e. The van der Waals surface area contributed by atoms with Crippen LogP contribution in [0.4, 0.5) is 0 Å². The quantitative estimate of drug-likeness (QED) is 0.575. The summed E-state index contributed by atoms with van der Waals surface area (Å²) in [6, 6.07) is 0. The van der Waals surface area contributed by atoms with Gasteiger partial charge in [0.15, 0.2) is 0 Å². The first-order valence-electron chi connectivity index (χ1n) is 3.61. The molecule has 2 bridgehead atoms. The average Bonchev–Trinajstić information content (AvgIpc) is 2.45. The maximum Gasteiger partial charge on any atom is 0.0616 e. The van der Waals surface area contributed by atoms with Crippen molar-refractivity contribution in [3.05, 3.63) is 0 Å². The van der Waals surface area contributed by atoms with E-state index in [0.717, 1.165) is 11.2 Å². The van der Waals surface area contributed by atoms with Gasteiger partial charge >= 0.3 is 0 Å². The summed E-state index contributed by atoms with van der Waals surface area (Å²) in [5, 5.41) is 1.13. The van der Waals surface area contributed by atoms with Crippen molar-refractivity contribution in [2.75, 3.05) is 5.33 Å². The monoisotopic (exact) mass is 190 g/mol. The van der Waals surface area contributed by atoms with Crippen LogP contribution in [-0.4, -0.2) is 17.5 Å². The Hall–Kier alpha value is 0.440. The molecule has 2 heteroatoms.